The molecule has 0 atom stereocenters. The van der Waals surface area contributed by atoms with E-state index in [4.69, 9.17) is 4.74 Å². The topological polar surface area (TPSA) is 9.23 Å². The molecule has 138 valence electrons. The summed E-state index contributed by atoms with van der Waals surface area (Å²) in [5.41, 5.74) is 8.85. The second-order valence-corrected chi connectivity index (χ2v) is 7.89. The number of allylic oxidation sites excluding steroid dienone is 4. The van der Waals surface area contributed by atoms with Crippen molar-refractivity contribution in [2.75, 3.05) is 0 Å². The zero-order valence-corrected chi connectivity index (χ0v) is 16.6. The van der Waals surface area contributed by atoms with Gasteiger partial charge in [0, 0.05) is 12.0 Å². The smallest absolute Gasteiger partial charge is 0.127 e. The molecule has 0 bridgehead atoms. The highest BCUT2D eigenvalue weighted by Gasteiger charge is 2.35. The van der Waals surface area contributed by atoms with Crippen LogP contribution in [0.5, 0.6) is 5.75 Å². The molecular weight excluding hydrogens is 328 g/mol. The second-order valence-electron chi connectivity index (χ2n) is 7.89. The van der Waals surface area contributed by atoms with Crippen LogP contribution in [-0.2, 0) is 0 Å². The van der Waals surface area contributed by atoms with Gasteiger partial charge in [0.2, 0.25) is 0 Å². The summed E-state index contributed by atoms with van der Waals surface area (Å²) in [6.45, 7) is 10.9. The van der Waals surface area contributed by atoms with Gasteiger partial charge in [0.05, 0.1) is 0 Å². The summed E-state index contributed by atoms with van der Waals surface area (Å²) in [6.07, 6.45) is 8.57. The molecule has 1 heteroatoms. The van der Waals surface area contributed by atoms with E-state index in [2.05, 4.69) is 82.0 Å². The number of hydrogen-bond donors (Lipinski definition) is 0. The third-order valence-electron chi connectivity index (χ3n) is 6.10. The van der Waals surface area contributed by atoms with Gasteiger partial charge in [-0.15, -0.1) is 0 Å². The van der Waals surface area contributed by atoms with E-state index in [0.717, 1.165) is 31.4 Å². The first-order chi connectivity index (χ1) is 13.0. The van der Waals surface area contributed by atoms with Crippen molar-refractivity contribution in [1.82, 2.24) is 0 Å². The summed E-state index contributed by atoms with van der Waals surface area (Å²) in [7, 11) is 0. The molecule has 0 unspecified atom stereocenters. The maximum Gasteiger partial charge on any atom is 0.127 e. The lowest BCUT2D eigenvalue weighted by molar-refractivity contribution is 0.0588. The standard InChI is InChI=1S/C26H28O/c1-5-26(6-2)17-19(4)24-16-23(12-13-25(24)27-26)22-11-10-21(15-22)20-9-7-8-18(3)14-20/h7-10,12-16H,4-6,11,17H2,1-3H3. The minimum absolute atomic E-state index is 0.0852. The predicted molar refractivity (Wildman–Crippen MR) is 116 cm³/mol. The van der Waals surface area contributed by atoms with Crippen molar-refractivity contribution in [2.45, 2.75) is 52.1 Å². The van der Waals surface area contributed by atoms with Crippen LogP contribution >= 0.6 is 0 Å². The summed E-state index contributed by atoms with van der Waals surface area (Å²) < 4.78 is 6.42. The zero-order valence-electron chi connectivity index (χ0n) is 16.6. The molecule has 2 aliphatic rings. The first-order valence-electron chi connectivity index (χ1n) is 10.0. The Morgan fingerprint density at radius 2 is 1.85 bits per heavy atom. The van der Waals surface area contributed by atoms with E-state index in [9.17, 15) is 0 Å². The third kappa shape index (κ3) is 3.27. The molecule has 1 aliphatic carbocycles. The lowest BCUT2D eigenvalue weighted by atomic mass is 9.83. The molecule has 1 heterocycles. The quantitative estimate of drug-likeness (QED) is 0.562. The SMILES string of the molecule is C=C1CC(CC)(CC)Oc2ccc(C3=CC(c4cccc(C)c4)=CC3)cc21. The number of ether oxygens (including phenoxy) is 1. The van der Waals surface area contributed by atoms with E-state index >= 15 is 0 Å². The van der Waals surface area contributed by atoms with Gasteiger partial charge < -0.3 is 4.74 Å². The molecule has 4 rings (SSSR count). The Kier molecular flexibility index (Phi) is 4.55. The maximum absolute atomic E-state index is 6.42. The Morgan fingerprint density at radius 1 is 1.04 bits per heavy atom. The first kappa shape index (κ1) is 17.9. The molecule has 0 amide bonds. The summed E-state index contributed by atoms with van der Waals surface area (Å²) in [4.78, 5) is 0. The Balaban J connectivity index is 1.63. The first-order valence-corrected chi connectivity index (χ1v) is 10.0. The van der Waals surface area contributed by atoms with Gasteiger partial charge in [-0.25, -0.2) is 0 Å². The van der Waals surface area contributed by atoms with Crippen molar-refractivity contribution in [3.05, 3.63) is 83.4 Å². The molecule has 0 radical (unpaired) electrons. The average molecular weight is 357 g/mol. The van der Waals surface area contributed by atoms with Gasteiger partial charge in [0.15, 0.2) is 0 Å². The molecule has 27 heavy (non-hydrogen) atoms. The summed E-state index contributed by atoms with van der Waals surface area (Å²) in [5, 5.41) is 0. The van der Waals surface area contributed by atoms with Crippen molar-refractivity contribution in [3.8, 4) is 5.75 Å². The van der Waals surface area contributed by atoms with Crippen LogP contribution in [0.1, 0.15) is 61.8 Å². The van der Waals surface area contributed by atoms with Crippen molar-refractivity contribution in [3.63, 3.8) is 0 Å². The fourth-order valence-electron chi connectivity index (χ4n) is 4.25. The fourth-order valence-corrected chi connectivity index (χ4v) is 4.25. The van der Waals surface area contributed by atoms with Crippen molar-refractivity contribution in [2.24, 2.45) is 0 Å². The third-order valence-corrected chi connectivity index (χ3v) is 6.10. The lowest BCUT2D eigenvalue weighted by Crippen LogP contribution is -2.37. The summed E-state index contributed by atoms with van der Waals surface area (Å²) in [5.74, 6) is 0.990. The lowest BCUT2D eigenvalue weighted by Gasteiger charge is -2.38. The number of fused-ring (bicyclic) bond motifs is 1. The molecule has 0 saturated carbocycles. The number of rotatable bonds is 4. The maximum atomic E-state index is 6.42. The normalized spacial score (nSPS) is 17.8. The van der Waals surface area contributed by atoms with Gasteiger partial charge in [-0.05, 0) is 66.2 Å². The molecule has 1 nitrogen and oxygen atoms in total. The zero-order chi connectivity index (χ0) is 19.0. The van der Waals surface area contributed by atoms with Crippen molar-refractivity contribution in [1.29, 1.82) is 0 Å². The molecular formula is C26H28O. The van der Waals surface area contributed by atoms with Crippen molar-refractivity contribution < 1.29 is 4.74 Å². The van der Waals surface area contributed by atoms with E-state index in [-0.39, 0.29) is 5.60 Å². The fraction of sp³-hybridized carbons (Fsp3) is 0.308. The average Bonchev–Trinajstić information content (AvgIpc) is 3.18. The molecule has 0 spiro atoms. The Hall–Kier alpha value is -2.54. The van der Waals surface area contributed by atoms with E-state index < -0.39 is 0 Å². The Labute approximate surface area is 163 Å². The van der Waals surface area contributed by atoms with E-state index in [1.165, 1.54) is 39.0 Å². The minimum atomic E-state index is -0.0852. The predicted octanol–water partition coefficient (Wildman–Crippen LogP) is 7.22. The second kappa shape index (κ2) is 6.88. The molecule has 0 fully saturated rings. The van der Waals surface area contributed by atoms with Gasteiger partial charge in [0.25, 0.3) is 0 Å². The van der Waals surface area contributed by atoms with Crippen LogP contribution < -0.4 is 4.74 Å². The highest BCUT2D eigenvalue weighted by atomic mass is 16.5. The largest absolute Gasteiger partial charge is 0.486 e. The molecule has 0 saturated heterocycles. The highest BCUT2D eigenvalue weighted by molar-refractivity contribution is 5.90. The van der Waals surface area contributed by atoms with Crippen LogP contribution in [0.25, 0.3) is 16.7 Å². The van der Waals surface area contributed by atoms with Gasteiger partial charge in [-0.1, -0.05) is 68.5 Å². The number of aryl methyl sites for hydroxylation is 1. The van der Waals surface area contributed by atoms with Crippen LogP contribution in [0.2, 0.25) is 0 Å². The molecule has 0 N–H and O–H groups in total. The van der Waals surface area contributed by atoms with Gasteiger partial charge in [-0.3, -0.25) is 0 Å². The monoisotopic (exact) mass is 356 g/mol. The van der Waals surface area contributed by atoms with Crippen LogP contribution in [-0.4, -0.2) is 5.60 Å². The van der Waals surface area contributed by atoms with Gasteiger partial charge in [0.1, 0.15) is 11.4 Å². The molecule has 2 aromatic carbocycles. The summed E-state index contributed by atoms with van der Waals surface area (Å²) >= 11 is 0. The van der Waals surface area contributed by atoms with Gasteiger partial charge in [-0.2, -0.15) is 0 Å². The van der Waals surface area contributed by atoms with Crippen LogP contribution in [0.4, 0.5) is 0 Å². The molecule has 1 aliphatic heterocycles. The van der Waals surface area contributed by atoms with E-state index in [1.54, 1.807) is 0 Å². The van der Waals surface area contributed by atoms with Crippen LogP contribution in [0.15, 0.2) is 61.2 Å². The highest BCUT2D eigenvalue weighted by Crippen LogP contribution is 2.44. The van der Waals surface area contributed by atoms with E-state index in [1.807, 2.05) is 0 Å². The van der Waals surface area contributed by atoms with Gasteiger partial charge >= 0.3 is 0 Å². The number of benzene rings is 2. The molecule has 0 aromatic heterocycles. The Morgan fingerprint density at radius 3 is 2.59 bits per heavy atom. The van der Waals surface area contributed by atoms with Crippen LogP contribution in [0.3, 0.4) is 0 Å². The van der Waals surface area contributed by atoms with Crippen molar-refractivity contribution >= 4 is 16.7 Å². The summed E-state index contributed by atoms with van der Waals surface area (Å²) in [6, 6.07) is 15.3. The minimum Gasteiger partial charge on any atom is -0.486 e. The molecule has 2 aromatic rings. The van der Waals surface area contributed by atoms with Crippen LogP contribution in [0, 0.1) is 6.92 Å². The Bertz CT molecular complexity index is 954. The van der Waals surface area contributed by atoms with E-state index in [0.29, 0.717) is 0 Å². The number of hydrogen-bond acceptors (Lipinski definition) is 1.